The smallest absolute Gasteiger partial charge is 0.123 e. The van der Waals surface area contributed by atoms with Gasteiger partial charge in [0.2, 0.25) is 0 Å². The molecule has 0 bridgehead atoms. The summed E-state index contributed by atoms with van der Waals surface area (Å²) in [6, 6.07) is 7.50. The Balaban J connectivity index is 2.14. The van der Waals surface area contributed by atoms with Gasteiger partial charge in [-0.3, -0.25) is 0 Å². The van der Waals surface area contributed by atoms with Gasteiger partial charge in [0.25, 0.3) is 0 Å². The van der Waals surface area contributed by atoms with Gasteiger partial charge in [0, 0.05) is 19.1 Å². The van der Waals surface area contributed by atoms with Crippen molar-refractivity contribution < 1.29 is 4.39 Å². The molecule has 2 rings (SSSR count). The molecule has 1 aromatic rings. The minimum absolute atomic E-state index is 0.133. The number of nitrogens with one attached hydrogen (secondary N) is 1. The standard InChI is InChI=1S/C13H19FN2/c1-15-13-7-11(8-16(2)9-13)10-4-3-5-12(14)6-10/h3-6,11,13,15H,7-9H2,1-2H3. The molecule has 0 spiro atoms. The van der Waals surface area contributed by atoms with Crippen LogP contribution >= 0.6 is 0 Å². The monoisotopic (exact) mass is 222 g/mol. The lowest BCUT2D eigenvalue weighted by atomic mass is 9.88. The van der Waals surface area contributed by atoms with Gasteiger partial charge in [0.1, 0.15) is 5.82 Å². The second-order valence-corrected chi connectivity index (χ2v) is 4.69. The number of rotatable bonds is 2. The Bertz CT molecular complexity index is 354. The van der Waals surface area contributed by atoms with Crippen molar-refractivity contribution in [3.8, 4) is 0 Å². The molecule has 2 atom stereocenters. The van der Waals surface area contributed by atoms with E-state index in [0.29, 0.717) is 12.0 Å². The van der Waals surface area contributed by atoms with Gasteiger partial charge in [-0.2, -0.15) is 0 Å². The molecule has 0 radical (unpaired) electrons. The van der Waals surface area contributed by atoms with Crippen molar-refractivity contribution in [2.75, 3.05) is 27.2 Å². The molecule has 2 nitrogen and oxygen atoms in total. The lowest BCUT2D eigenvalue weighted by Gasteiger charge is -2.35. The fourth-order valence-electron chi connectivity index (χ4n) is 2.53. The summed E-state index contributed by atoms with van der Waals surface area (Å²) in [6.07, 6.45) is 1.09. The minimum atomic E-state index is -0.133. The van der Waals surface area contributed by atoms with Crippen LogP contribution in [-0.2, 0) is 0 Å². The molecular weight excluding hydrogens is 203 g/mol. The highest BCUT2D eigenvalue weighted by Crippen LogP contribution is 2.26. The zero-order valence-corrected chi connectivity index (χ0v) is 9.91. The van der Waals surface area contributed by atoms with Gasteiger partial charge in [0.15, 0.2) is 0 Å². The van der Waals surface area contributed by atoms with Crippen molar-refractivity contribution in [3.63, 3.8) is 0 Å². The number of likely N-dealkylation sites (tertiary alicyclic amines) is 1. The fraction of sp³-hybridized carbons (Fsp3) is 0.538. The highest BCUT2D eigenvalue weighted by Gasteiger charge is 2.25. The van der Waals surface area contributed by atoms with E-state index in [1.54, 1.807) is 12.1 Å². The molecule has 16 heavy (non-hydrogen) atoms. The van der Waals surface area contributed by atoms with Crippen molar-refractivity contribution >= 4 is 0 Å². The third kappa shape index (κ3) is 2.60. The van der Waals surface area contributed by atoms with E-state index in [1.807, 2.05) is 13.1 Å². The van der Waals surface area contributed by atoms with Crippen LogP contribution in [0, 0.1) is 5.82 Å². The molecular formula is C13H19FN2. The summed E-state index contributed by atoms with van der Waals surface area (Å²) in [5.74, 6) is 0.304. The van der Waals surface area contributed by atoms with E-state index in [2.05, 4.69) is 17.3 Å². The molecule has 88 valence electrons. The van der Waals surface area contributed by atoms with E-state index in [9.17, 15) is 4.39 Å². The Morgan fingerprint density at radius 3 is 2.88 bits per heavy atom. The highest BCUT2D eigenvalue weighted by atomic mass is 19.1. The van der Waals surface area contributed by atoms with E-state index < -0.39 is 0 Å². The number of piperidine rings is 1. The molecule has 1 N–H and O–H groups in total. The van der Waals surface area contributed by atoms with Gasteiger partial charge < -0.3 is 10.2 Å². The Kier molecular flexibility index (Phi) is 3.56. The predicted octanol–water partition coefficient (Wildman–Crippen LogP) is 1.83. The molecule has 0 aliphatic carbocycles. The van der Waals surface area contributed by atoms with E-state index in [0.717, 1.165) is 25.1 Å². The van der Waals surface area contributed by atoms with E-state index in [1.165, 1.54) is 6.07 Å². The molecule has 3 heteroatoms. The molecule has 1 aromatic carbocycles. The van der Waals surface area contributed by atoms with E-state index >= 15 is 0 Å². The van der Waals surface area contributed by atoms with E-state index in [4.69, 9.17) is 0 Å². The van der Waals surface area contributed by atoms with Crippen LogP contribution in [0.1, 0.15) is 17.9 Å². The van der Waals surface area contributed by atoms with E-state index in [-0.39, 0.29) is 5.82 Å². The average molecular weight is 222 g/mol. The highest BCUT2D eigenvalue weighted by molar-refractivity contribution is 5.22. The zero-order chi connectivity index (χ0) is 11.5. The molecule has 1 aliphatic rings. The van der Waals surface area contributed by atoms with Gasteiger partial charge >= 0.3 is 0 Å². The van der Waals surface area contributed by atoms with Crippen molar-refractivity contribution in [1.82, 2.24) is 10.2 Å². The summed E-state index contributed by atoms with van der Waals surface area (Å²) in [7, 11) is 4.11. The molecule has 1 saturated heterocycles. The second-order valence-electron chi connectivity index (χ2n) is 4.69. The molecule has 2 unspecified atom stereocenters. The van der Waals surface area contributed by atoms with Crippen LogP contribution in [0.2, 0.25) is 0 Å². The second kappa shape index (κ2) is 4.93. The molecule has 0 saturated carbocycles. The molecule has 0 aromatic heterocycles. The lowest BCUT2D eigenvalue weighted by molar-refractivity contribution is 0.210. The first kappa shape index (κ1) is 11.6. The van der Waals surface area contributed by atoms with Crippen LogP contribution in [-0.4, -0.2) is 38.1 Å². The lowest BCUT2D eigenvalue weighted by Crippen LogP contribution is -2.45. The number of likely N-dealkylation sites (N-methyl/N-ethyl adjacent to an activating group) is 2. The molecule has 1 heterocycles. The average Bonchev–Trinajstić information content (AvgIpc) is 2.28. The Hall–Kier alpha value is -0.930. The normalized spacial score (nSPS) is 26.9. The fourth-order valence-corrected chi connectivity index (χ4v) is 2.53. The Morgan fingerprint density at radius 2 is 2.19 bits per heavy atom. The third-order valence-corrected chi connectivity index (χ3v) is 3.36. The van der Waals surface area contributed by atoms with Crippen LogP contribution < -0.4 is 5.32 Å². The Morgan fingerprint density at radius 1 is 1.38 bits per heavy atom. The first-order chi connectivity index (χ1) is 7.69. The maximum Gasteiger partial charge on any atom is 0.123 e. The largest absolute Gasteiger partial charge is 0.316 e. The third-order valence-electron chi connectivity index (χ3n) is 3.36. The van der Waals surface area contributed by atoms with Crippen LogP contribution in [0.25, 0.3) is 0 Å². The van der Waals surface area contributed by atoms with Crippen molar-refractivity contribution in [1.29, 1.82) is 0 Å². The van der Waals surface area contributed by atoms with Gasteiger partial charge in [-0.15, -0.1) is 0 Å². The molecule has 1 aliphatic heterocycles. The summed E-state index contributed by atoms with van der Waals surface area (Å²) in [4.78, 5) is 2.31. The summed E-state index contributed by atoms with van der Waals surface area (Å²) in [6.45, 7) is 2.09. The summed E-state index contributed by atoms with van der Waals surface area (Å²) in [5.41, 5.74) is 1.12. The number of hydrogen-bond acceptors (Lipinski definition) is 2. The van der Waals surface area contributed by atoms with Crippen molar-refractivity contribution in [2.45, 2.75) is 18.4 Å². The quantitative estimate of drug-likeness (QED) is 0.821. The maximum atomic E-state index is 13.2. The number of hydrogen-bond donors (Lipinski definition) is 1. The van der Waals surface area contributed by atoms with Gasteiger partial charge in [0.05, 0.1) is 0 Å². The van der Waals surface area contributed by atoms with Gasteiger partial charge in [-0.05, 0) is 44.1 Å². The number of benzene rings is 1. The van der Waals surface area contributed by atoms with Crippen LogP contribution in [0.15, 0.2) is 24.3 Å². The first-order valence-corrected chi connectivity index (χ1v) is 5.80. The summed E-state index contributed by atoms with van der Waals surface area (Å²) < 4.78 is 13.2. The van der Waals surface area contributed by atoms with Crippen LogP contribution in [0.3, 0.4) is 0 Å². The summed E-state index contributed by atoms with van der Waals surface area (Å²) >= 11 is 0. The molecule has 1 fully saturated rings. The number of halogens is 1. The van der Waals surface area contributed by atoms with Gasteiger partial charge in [-0.1, -0.05) is 12.1 Å². The topological polar surface area (TPSA) is 15.3 Å². The molecule has 0 amide bonds. The van der Waals surface area contributed by atoms with Crippen LogP contribution in [0.5, 0.6) is 0 Å². The summed E-state index contributed by atoms with van der Waals surface area (Å²) in [5, 5.41) is 3.31. The minimum Gasteiger partial charge on any atom is -0.316 e. The Labute approximate surface area is 96.5 Å². The SMILES string of the molecule is CNC1CC(c2cccc(F)c2)CN(C)C1. The van der Waals surface area contributed by atoms with Crippen molar-refractivity contribution in [3.05, 3.63) is 35.6 Å². The number of nitrogens with zero attached hydrogens (tertiary/aromatic N) is 1. The van der Waals surface area contributed by atoms with Crippen molar-refractivity contribution in [2.24, 2.45) is 0 Å². The first-order valence-electron chi connectivity index (χ1n) is 5.80. The maximum absolute atomic E-state index is 13.2. The van der Waals surface area contributed by atoms with Crippen LogP contribution in [0.4, 0.5) is 4.39 Å². The predicted molar refractivity (Wildman–Crippen MR) is 64.1 cm³/mol. The zero-order valence-electron chi connectivity index (χ0n) is 9.91. The van der Waals surface area contributed by atoms with Gasteiger partial charge in [-0.25, -0.2) is 4.39 Å².